The van der Waals surface area contributed by atoms with Crippen LogP contribution in [0.1, 0.15) is 43.6 Å². The first-order valence-corrected chi connectivity index (χ1v) is 8.45. The summed E-state index contributed by atoms with van der Waals surface area (Å²) in [4.78, 5) is 14.4. The van der Waals surface area contributed by atoms with Gasteiger partial charge in [-0.15, -0.1) is 12.3 Å². The van der Waals surface area contributed by atoms with Crippen molar-refractivity contribution >= 4 is 5.91 Å². The third-order valence-corrected chi connectivity index (χ3v) is 4.92. The second kappa shape index (κ2) is 7.04. The molecule has 0 N–H and O–H groups in total. The lowest BCUT2D eigenvalue weighted by molar-refractivity contribution is -0.130. The van der Waals surface area contributed by atoms with Crippen LogP contribution < -0.4 is 4.74 Å². The Morgan fingerprint density at radius 2 is 2.12 bits per heavy atom. The largest absolute Gasteiger partial charge is 0.497 e. The fourth-order valence-corrected chi connectivity index (χ4v) is 3.27. The van der Waals surface area contributed by atoms with Crippen molar-refractivity contribution < 1.29 is 9.53 Å². The van der Waals surface area contributed by atoms with Crippen LogP contribution in [0.15, 0.2) is 34.5 Å². The minimum absolute atomic E-state index is 0.198. The monoisotopic (exact) mass is 325 g/mol. The van der Waals surface area contributed by atoms with Gasteiger partial charge in [-0.1, -0.05) is 12.1 Å². The highest BCUT2D eigenvalue weighted by Gasteiger charge is 2.40. The Hall–Kier alpha value is -2.35. The summed E-state index contributed by atoms with van der Waals surface area (Å²) in [5, 5.41) is 8.19. The van der Waals surface area contributed by atoms with Crippen molar-refractivity contribution in [3.63, 3.8) is 0 Å². The SMILES string of the molecule is C#CCCC1(CCC(=O)N2CCC(c3ccc(OC)cc3)C2)N=N1. The molecule has 0 saturated carbocycles. The number of terminal acetylenes is 1. The van der Waals surface area contributed by atoms with E-state index in [0.29, 0.717) is 25.2 Å². The molecule has 0 radical (unpaired) electrons. The maximum atomic E-state index is 12.5. The number of methoxy groups -OCH3 is 1. The van der Waals surface area contributed by atoms with E-state index in [1.807, 2.05) is 17.0 Å². The topological polar surface area (TPSA) is 54.3 Å². The lowest BCUT2D eigenvalue weighted by atomic mass is 9.98. The number of hydrogen-bond donors (Lipinski definition) is 0. The van der Waals surface area contributed by atoms with Crippen LogP contribution in [0.4, 0.5) is 0 Å². The van der Waals surface area contributed by atoms with Crippen molar-refractivity contribution in [1.82, 2.24) is 4.90 Å². The zero-order chi connectivity index (χ0) is 17.0. The number of amides is 1. The highest BCUT2D eigenvalue weighted by atomic mass is 16.5. The van der Waals surface area contributed by atoms with Crippen LogP contribution in [0.25, 0.3) is 0 Å². The molecule has 5 heteroatoms. The van der Waals surface area contributed by atoms with Gasteiger partial charge in [-0.3, -0.25) is 4.79 Å². The van der Waals surface area contributed by atoms with E-state index in [4.69, 9.17) is 11.2 Å². The van der Waals surface area contributed by atoms with E-state index >= 15 is 0 Å². The van der Waals surface area contributed by atoms with Gasteiger partial charge in [-0.25, -0.2) is 0 Å². The van der Waals surface area contributed by atoms with Gasteiger partial charge in [0.15, 0.2) is 5.66 Å². The van der Waals surface area contributed by atoms with E-state index in [1.54, 1.807) is 7.11 Å². The van der Waals surface area contributed by atoms with Gasteiger partial charge in [0.2, 0.25) is 5.91 Å². The van der Waals surface area contributed by atoms with Crippen LogP contribution in [0.3, 0.4) is 0 Å². The molecule has 3 rings (SSSR count). The Bertz CT molecular complexity index is 654. The summed E-state index contributed by atoms with van der Waals surface area (Å²) in [7, 11) is 1.67. The maximum absolute atomic E-state index is 12.5. The Morgan fingerprint density at radius 3 is 2.75 bits per heavy atom. The molecule has 1 atom stereocenters. The van der Waals surface area contributed by atoms with Crippen molar-refractivity contribution in [1.29, 1.82) is 0 Å². The molecule has 2 aliphatic heterocycles. The standard InChI is InChI=1S/C19H23N3O2/c1-3-4-11-19(20-21-19)12-9-18(23)22-13-10-16(14-22)15-5-7-17(24-2)8-6-15/h1,5-8,16H,4,9-14H2,2H3. The average molecular weight is 325 g/mol. The Labute approximate surface area is 143 Å². The van der Waals surface area contributed by atoms with Crippen LogP contribution >= 0.6 is 0 Å². The Balaban J connectivity index is 1.48. The number of ether oxygens (including phenoxy) is 1. The quantitative estimate of drug-likeness (QED) is 0.722. The summed E-state index contributed by atoms with van der Waals surface area (Å²) in [6.07, 6.45) is 8.88. The molecule has 1 unspecified atom stereocenters. The molecule has 1 aromatic carbocycles. The Kier molecular flexibility index (Phi) is 4.84. The Morgan fingerprint density at radius 1 is 1.38 bits per heavy atom. The summed E-state index contributed by atoms with van der Waals surface area (Å²) in [5.41, 5.74) is 0.903. The van der Waals surface area contributed by atoms with Crippen molar-refractivity contribution in [2.24, 2.45) is 10.2 Å². The molecular weight excluding hydrogens is 302 g/mol. The molecule has 0 bridgehead atoms. The molecule has 126 valence electrons. The van der Waals surface area contributed by atoms with Crippen LogP contribution in [-0.2, 0) is 4.79 Å². The normalized spacial score (nSPS) is 20.7. The second-order valence-corrected chi connectivity index (χ2v) is 6.49. The number of nitrogens with zero attached hydrogens (tertiary/aromatic N) is 3. The molecular formula is C19H23N3O2. The van der Waals surface area contributed by atoms with E-state index in [1.165, 1.54) is 5.56 Å². The number of benzene rings is 1. The summed E-state index contributed by atoms with van der Waals surface area (Å²) < 4.78 is 5.19. The highest BCUT2D eigenvalue weighted by Crippen LogP contribution is 2.38. The molecule has 2 heterocycles. The van der Waals surface area contributed by atoms with Gasteiger partial charge in [-0.05, 0) is 24.1 Å². The van der Waals surface area contributed by atoms with Gasteiger partial charge in [-0.2, -0.15) is 10.2 Å². The van der Waals surface area contributed by atoms with Crippen molar-refractivity contribution in [2.75, 3.05) is 20.2 Å². The molecule has 1 aromatic rings. The minimum Gasteiger partial charge on any atom is -0.497 e. The molecule has 1 amide bonds. The third kappa shape index (κ3) is 3.76. The van der Waals surface area contributed by atoms with Crippen LogP contribution in [0, 0.1) is 12.3 Å². The molecule has 0 aliphatic carbocycles. The van der Waals surface area contributed by atoms with E-state index < -0.39 is 0 Å². The average Bonchev–Trinajstić information content (AvgIpc) is 3.22. The molecule has 1 fully saturated rings. The van der Waals surface area contributed by atoms with E-state index in [-0.39, 0.29) is 11.6 Å². The zero-order valence-corrected chi connectivity index (χ0v) is 14.1. The minimum atomic E-state index is -0.364. The fourth-order valence-electron chi connectivity index (χ4n) is 3.27. The summed E-state index contributed by atoms with van der Waals surface area (Å²) in [6.45, 7) is 1.61. The molecule has 24 heavy (non-hydrogen) atoms. The van der Waals surface area contributed by atoms with Gasteiger partial charge >= 0.3 is 0 Å². The van der Waals surface area contributed by atoms with Gasteiger partial charge in [0.05, 0.1) is 7.11 Å². The van der Waals surface area contributed by atoms with Crippen molar-refractivity contribution in [3.05, 3.63) is 29.8 Å². The number of hydrogen-bond acceptors (Lipinski definition) is 4. The first kappa shape index (κ1) is 16.5. The first-order valence-electron chi connectivity index (χ1n) is 8.45. The molecule has 0 spiro atoms. The van der Waals surface area contributed by atoms with Gasteiger partial charge in [0.1, 0.15) is 5.75 Å². The number of carbonyl (C=O) groups is 1. The first-order chi connectivity index (χ1) is 11.7. The van der Waals surface area contributed by atoms with Crippen molar-refractivity contribution in [2.45, 2.75) is 43.7 Å². The second-order valence-electron chi connectivity index (χ2n) is 6.49. The molecule has 5 nitrogen and oxygen atoms in total. The molecule has 0 aromatic heterocycles. The van der Waals surface area contributed by atoms with Gasteiger partial charge in [0.25, 0.3) is 0 Å². The van der Waals surface area contributed by atoms with Crippen molar-refractivity contribution in [3.8, 4) is 18.1 Å². The van der Waals surface area contributed by atoms with E-state index in [2.05, 4.69) is 28.3 Å². The lowest BCUT2D eigenvalue weighted by Gasteiger charge is -2.18. The van der Waals surface area contributed by atoms with Gasteiger partial charge < -0.3 is 9.64 Å². The van der Waals surface area contributed by atoms with Crippen LogP contribution in [-0.4, -0.2) is 36.7 Å². The smallest absolute Gasteiger partial charge is 0.222 e. The van der Waals surface area contributed by atoms with Crippen LogP contribution in [0.5, 0.6) is 5.75 Å². The molecule has 1 saturated heterocycles. The highest BCUT2D eigenvalue weighted by molar-refractivity contribution is 5.76. The van der Waals surface area contributed by atoms with E-state index in [0.717, 1.165) is 31.7 Å². The predicted octanol–water partition coefficient (Wildman–Crippen LogP) is 3.37. The maximum Gasteiger partial charge on any atom is 0.222 e. The summed E-state index contributed by atoms with van der Waals surface area (Å²) >= 11 is 0. The van der Waals surface area contributed by atoms with E-state index in [9.17, 15) is 4.79 Å². The summed E-state index contributed by atoms with van der Waals surface area (Å²) in [6, 6.07) is 8.14. The summed E-state index contributed by atoms with van der Waals surface area (Å²) in [5.74, 6) is 4.08. The number of carbonyl (C=O) groups excluding carboxylic acids is 1. The number of rotatable bonds is 7. The predicted molar refractivity (Wildman–Crippen MR) is 91.8 cm³/mol. The fraction of sp³-hybridized carbons (Fsp3) is 0.526. The third-order valence-electron chi connectivity index (χ3n) is 4.92. The van der Waals surface area contributed by atoms with Gasteiger partial charge in [0, 0.05) is 44.7 Å². The lowest BCUT2D eigenvalue weighted by Crippen LogP contribution is -2.29. The molecule has 2 aliphatic rings. The zero-order valence-electron chi connectivity index (χ0n) is 14.1. The van der Waals surface area contributed by atoms with Crippen LogP contribution in [0.2, 0.25) is 0 Å². The number of likely N-dealkylation sites (tertiary alicyclic amines) is 1.